The zero-order valence-corrected chi connectivity index (χ0v) is 11.8. The van der Waals surface area contributed by atoms with Crippen LogP contribution in [-0.2, 0) is 14.3 Å². The van der Waals surface area contributed by atoms with Crippen LogP contribution in [-0.4, -0.2) is 61.8 Å². The molecule has 1 aliphatic rings. The fourth-order valence-electron chi connectivity index (χ4n) is 2.53. The third kappa shape index (κ3) is 4.47. The number of carbonyl (C=O) groups is 2. The molecule has 19 heavy (non-hydrogen) atoms. The maximum absolute atomic E-state index is 11.7. The molecule has 0 bridgehead atoms. The first-order valence-corrected chi connectivity index (χ1v) is 6.75. The number of likely N-dealkylation sites (tertiary alicyclic amines) is 1. The van der Waals surface area contributed by atoms with Crippen LogP contribution in [0.3, 0.4) is 0 Å². The quantitative estimate of drug-likeness (QED) is 0.653. The summed E-state index contributed by atoms with van der Waals surface area (Å²) in [5.41, 5.74) is -0.689. The van der Waals surface area contributed by atoms with Crippen molar-refractivity contribution in [2.75, 3.05) is 39.9 Å². The normalized spacial score (nSPS) is 24.1. The zero-order chi connectivity index (χ0) is 14.3. The smallest absolute Gasteiger partial charge is 0.310 e. The molecule has 1 fully saturated rings. The number of hydrogen-bond donors (Lipinski definition) is 2. The van der Waals surface area contributed by atoms with E-state index < -0.39 is 11.4 Å². The summed E-state index contributed by atoms with van der Waals surface area (Å²) in [5, 5.41) is 12.1. The SMILES string of the molecule is CCC1(C(=O)O)CCCN(CC(=O)NCCOC)C1. The summed E-state index contributed by atoms with van der Waals surface area (Å²) < 4.78 is 4.86. The standard InChI is InChI=1S/C13H24N2O4/c1-3-13(12(17)18)5-4-7-15(10-13)9-11(16)14-6-8-19-2/h3-10H2,1-2H3,(H,14,16)(H,17,18). The molecule has 1 saturated heterocycles. The Bertz CT molecular complexity index is 322. The molecule has 0 aromatic heterocycles. The number of methoxy groups -OCH3 is 1. The van der Waals surface area contributed by atoms with Gasteiger partial charge in [0.25, 0.3) is 0 Å². The van der Waals surface area contributed by atoms with Crippen LogP contribution in [0.1, 0.15) is 26.2 Å². The second kappa shape index (κ2) is 7.45. The number of piperidine rings is 1. The summed E-state index contributed by atoms with van der Waals surface area (Å²) >= 11 is 0. The lowest BCUT2D eigenvalue weighted by atomic mass is 9.77. The number of carbonyl (C=O) groups excluding carboxylic acids is 1. The largest absolute Gasteiger partial charge is 0.481 e. The Labute approximate surface area is 114 Å². The van der Waals surface area contributed by atoms with Crippen molar-refractivity contribution >= 4 is 11.9 Å². The second-order valence-electron chi connectivity index (χ2n) is 5.10. The number of carboxylic acids is 1. The van der Waals surface area contributed by atoms with Crippen molar-refractivity contribution in [2.24, 2.45) is 5.41 Å². The van der Waals surface area contributed by atoms with Gasteiger partial charge in [0, 0.05) is 20.2 Å². The molecule has 1 heterocycles. The van der Waals surface area contributed by atoms with E-state index in [2.05, 4.69) is 5.32 Å². The van der Waals surface area contributed by atoms with E-state index in [-0.39, 0.29) is 12.5 Å². The first kappa shape index (κ1) is 15.9. The number of carboxylic acid groups (broad SMARTS) is 1. The average molecular weight is 272 g/mol. The first-order valence-electron chi connectivity index (χ1n) is 6.75. The van der Waals surface area contributed by atoms with Crippen molar-refractivity contribution in [3.05, 3.63) is 0 Å². The molecule has 2 N–H and O–H groups in total. The number of amides is 1. The Hall–Kier alpha value is -1.14. The highest BCUT2D eigenvalue weighted by molar-refractivity contribution is 5.78. The number of hydrogen-bond acceptors (Lipinski definition) is 4. The van der Waals surface area contributed by atoms with Crippen molar-refractivity contribution in [3.63, 3.8) is 0 Å². The molecule has 0 aromatic rings. The molecule has 0 aromatic carbocycles. The number of aliphatic carboxylic acids is 1. The van der Waals surface area contributed by atoms with Gasteiger partial charge >= 0.3 is 5.97 Å². The van der Waals surface area contributed by atoms with Crippen molar-refractivity contribution in [1.29, 1.82) is 0 Å². The van der Waals surface area contributed by atoms with E-state index in [4.69, 9.17) is 4.74 Å². The van der Waals surface area contributed by atoms with Crippen LogP contribution >= 0.6 is 0 Å². The summed E-state index contributed by atoms with van der Waals surface area (Å²) in [7, 11) is 1.58. The van der Waals surface area contributed by atoms with Gasteiger partial charge in [-0.1, -0.05) is 6.92 Å². The Morgan fingerprint density at radius 1 is 1.47 bits per heavy atom. The molecule has 0 saturated carbocycles. The Kier molecular flexibility index (Phi) is 6.24. The predicted octanol–water partition coefficient (Wildman–Crippen LogP) is 0.326. The first-order chi connectivity index (χ1) is 9.04. The van der Waals surface area contributed by atoms with Crippen molar-refractivity contribution in [3.8, 4) is 0 Å². The maximum atomic E-state index is 11.7. The summed E-state index contributed by atoms with van der Waals surface area (Å²) in [6.45, 7) is 4.37. The van der Waals surface area contributed by atoms with Crippen LogP contribution in [0.15, 0.2) is 0 Å². The van der Waals surface area contributed by atoms with Gasteiger partial charge in [0.1, 0.15) is 0 Å². The Balaban J connectivity index is 2.46. The summed E-state index contributed by atoms with van der Waals surface area (Å²) in [6, 6.07) is 0. The lowest BCUT2D eigenvalue weighted by Crippen LogP contribution is -2.50. The van der Waals surface area contributed by atoms with Gasteiger partial charge in [0.15, 0.2) is 0 Å². The van der Waals surface area contributed by atoms with Crippen LogP contribution in [0.25, 0.3) is 0 Å². The number of nitrogens with zero attached hydrogens (tertiary/aromatic N) is 1. The van der Waals surface area contributed by atoms with Crippen LogP contribution < -0.4 is 5.32 Å². The minimum Gasteiger partial charge on any atom is -0.481 e. The minimum atomic E-state index is -0.750. The predicted molar refractivity (Wildman–Crippen MR) is 70.9 cm³/mol. The van der Waals surface area contributed by atoms with E-state index in [1.165, 1.54) is 0 Å². The van der Waals surface area contributed by atoms with Crippen molar-refractivity contribution in [1.82, 2.24) is 10.2 Å². The molecule has 0 spiro atoms. The highest BCUT2D eigenvalue weighted by Crippen LogP contribution is 2.33. The van der Waals surface area contributed by atoms with E-state index in [0.717, 1.165) is 13.0 Å². The van der Waals surface area contributed by atoms with Crippen molar-refractivity contribution < 1.29 is 19.4 Å². The van der Waals surface area contributed by atoms with E-state index in [9.17, 15) is 14.7 Å². The van der Waals surface area contributed by atoms with E-state index in [0.29, 0.717) is 32.5 Å². The van der Waals surface area contributed by atoms with Crippen LogP contribution in [0, 0.1) is 5.41 Å². The molecule has 1 amide bonds. The van der Waals surface area contributed by atoms with Gasteiger partial charge in [-0.2, -0.15) is 0 Å². The third-order valence-corrected chi connectivity index (χ3v) is 3.78. The molecule has 6 heteroatoms. The average Bonchev–Trinajstić information content (AvgIpc) is 2.39. The molecule has 0 radical (unpaired) electrons. The highest BCUT2D eigenvalue weighted by atomic mass is 16.5. The Morgan fingerprint density at radius 2 is 2.21 bits per heavy atom. The fraction of sp³-hybridized carbons (Fsp3) is 0.846. The van der Waals surface area contributed by atoms with E-state index in [1.807, 2.05) is 11.8 Å². The molecule has 6 nitrogen and oxygen atoms in total. The van der Waals surface area contributed by atoms with Crippen LogP contribution in [0.4, 0.5) is 0 Å². The number of ether oxygens (including phenoxy) is 1. The minimum absolute atomic E-state index is 0.0747. The van der Waals surface area contributed by atoms with Gasteiger partial charge in [-0.05, 0) is 25.8 Å². The third-order valence-electron chi connectivity index (χ3n) is 3.78. The molecular formula is C13H24N2O4. The zero-order valence-electron chi connectivity index (χ0n) is 11.8. The van der Waals surface area contributed by atoms with E-state index in [1.54, 1.807) is 7.11 Å². The topological polar surface area (TPSA) is 78.9 Å². The van der Waals surface area contributed by atoms with Crippen molar-refractivity contribution in [2.45, 2.75) is 26.2 Å². The van der Waals surface area contributed by atoms with Gasteiger partial charge in [-0.3, -0.25) is 14.5 Å². The number of nitrogens with one attached hydrogen (secondary N) is 1. The molecular weight excluding hydrogens is 248 g/mol. The highest BCUT2D eigenvalue weighted by Gasteiger charge is 2.40. The van der Waals surface area contributed by atoms with Gasteiger partial charge < -0.3 is 15.2 Å². The molecule has 1 atom stereocenters. The maximum Gasteiger partial charge on any atom is 0.310 e. The van der Waals surface area contributed by atoms with Gasteiger partial charge in [-0.25, -0.2) is 0 Å². The van der Waals surface area contributed by atoms with Gasteiger partial charge in [0.2, 0.25) is 5.91 Å². The lowest BCUT2D eigenvalue weighted by Gasteiger charge is -2.39. The molecule has 1 unspecified atom stereocenters. The summed E-state index contributed by atoms with van der Waals surface area (Å²) in [4.78, 5) is 25.0. The van der Waals surface area contributed by atoms with Gasteiger partial charge in [-0.15, -0.1) is 0 Å². The Morgan fingerprint density at radius 3 is 2.79 bits per heavy atom. The lowest BCUT2D eigenvalue weighted by molar-refractivity contribution is -0.153. The molecule has 1 aliphatic heterocycles. The van der Waals surface area contributed by atoms with E-state index >= 15 is 0 Å². The number of rotatable bonds is 7. The van der Waals surface area contributed by atoms with Gasteiger partial charge in [0.05, 0.1) is 18.6 Å². The second-order valence-corrected chi connectivity index (χ2v) is 5.10. The summed E-state index contributed by atoms with van der Waals surface area (Å²) in [5.74, 6) is -0.825. The van der Waals surface area contributed by atoms with Crippen LogP contribution in [0.5, 0.6) is 0 Å². The van der Waals surface area contributed by atoms with Crippen LogP contribution in [0.2, 0.25) is 0 Å². The fourth-order valence-corrected chi connectivity index (χ4v) is 2.53. The molecule has 1 rings (SSSR count). The molecule has 0 aliphatic carbocycles. The molecule has 110 valence electrons. The monoisotopic (exact) mass is 272 g/mol. The summed E-state index contributed by atoms with van der Waals surface area (Å²) in [6.07, 6.45) is 2.12.